The summed E-state index contributed by atoms with van der Waals surface area (Å²) in [7, 11) is 0. The van der Waals surface area contributed by atoms with Gasteiger partial charge in [-0.1, -0.05) is 0 Å². The number of unbranched alkanes of at least 4 members (excludes halogenated alkanes) is 2. The lowest BCUT2D eigenvalue weighted by Crippen LogP contribution is -2.60. The summed E-state index contributed by atoms with van der Waals surface area (Å²) >= 11 is 0. The largest absolute Gasteiger partial charge is 0.492 e. The molecule has 3 aromatic rings. The van der Waals surface area contributed by atoms with Crippen molar-refractivity contribution in [3.05, 3.63) is 90.0 Å². The van der Waals surface area contributed by atoms with Crippen LogP contribution < -0.4 is 10.1 Å². The van der Waals surface area contributed by atoms with E-state index in [1.165, 1.54) is 36.8 Å². The molecule has 4 fully saturated rings. The first-order chi connectivity index (χ1) is 28.7. The van der Waals surface area contributed by atoms with Crippen LogP contribution in [0.4, 0.5) is 4.79 Å². The lowest BCUT2D eigenvalue weighted by atomic mass is 10.1. The fourth-order valence-electron chi connectivity index (χ4n) is 8.43. The molecule has 320 valence electrons. The fourth-order valence-corrected chi connectivity index (χ4v) is 8.43. The number of nitrogens with one attached hydrogen (secondary N) is 1. The molecule has 0 radical (unpaired) electrons. The number of nitrogens with zero attached hydrogens (tertiary/aromatic N) is 7. The van der Waals surface area contributed by atoms with Crippen molar-refractivity contribution in [1.82, 2.24) is 34.9 Å². The molecular formula is C46H66N8O5. The van der Waals surface area contributed by atoms with Crippen molar-refractivity contribution in [2.45, 2.75) is 89.3 Å². The highest BCUT2D eigenvalue weighted by atomic mass is 16.6. The number of pyridine rings is 2. The van der Waals surface area contributed by atoms with Crippen molar-refractivity contribution >= 4 is 6.09 Å². The van der Waals surface area contributed by atoms with Crippen LogP contribution in [0.5, 0.6) is 5.75 Å². The molecule has 2 aromatic heterocycles. The zero-order valence-corrected chi connectivity index (χ0v) is 35.6. The quantitative estimate of drug-likeness (QED) is 0.183. The molecule has 0 aliphatic carbocycles. The van der Waals surface area contributed by atoms with E-state index in [0.717, 1.165) is 97.1 Å². The van der Waals surface area contributed by atoms with Gasteiger partial charge < -0.3 is 24.3 Å². The third kappa shape index (κ3) is 16.1. The Balaban J connectivity index is 0.000000199. The summed E-state index contributed by atoms with van der Waals surface area (Å²) in [5, 5.41) is 11.7. The van der Waals surface area contributed by atoms with Crippen molar-refractivity contribution < 1.29 is 23.7 Å². The van der Waals surface area contributed by atoms with Crippen molar-refractivity contribution in [3.63, 3.8) is 0 Å². The molecule has 4 aliphatic heterocycles. The molecule has 13 nitrogen and oxygen atoms in total. The summed E-state index contributed by atoms with van der Waals surface area (Å²) in [5.41, 5.74) is 2.95. The van der Waals surface area contributed by atoms with Crippen molar-refractivity contribution in [1.29, 1.82) is 5.26 Å². The highest BCUT2D eigenvalue weighted by molar-refractivity contribution is 5.67. The normalized spacial score (nSPS) is 22.4. The number of alkyl carbamates (subject to hydrolysis) is 1. The molecule has 4 bridgehead atoms. The number of ether oxygens (including phenoxy) is 4. The van der Waals surface area contributed by atoms with Crippen molar-refractivity contribution in [3.8, 4) is 11.8 Å². The molecule has 1 N–H and O–H groups in total. The molecule has 7 rings (SSSR count). The van der Waals surface area contributed by atoms with Gasteiger partial charge in [0, 0.05) is 96.8 Å². The number of morpholine rings is 4. The number of aromatic nitrogens is 2. The van der Waals surface area contributed by atoms with Crippen molar-refractivity contribution in [2.75, 3.05) is 91.7 Å². The maximum atomic E-state index is 11.8. The molecule has 0 spiro atoms. The molecule has 4 unspecified atom stereocenters. The van der Waals surface area contributed by atoms with E-state index < -0.39 is 5.60 Å². The van der Waals surface area contributed by atoms with E-state index in [0.29, 0.717) is 30.9 Å². The van der Waals surface area contributed by atoms with Crippen LogP contribution in [0.25, 0.3) is 0 Å². The van der Waals surface area contributed by atoms with Gasteiger partial charge in [0.15, 0.2) is 0 Å². The standard InChI is InChI=1S/C24H30N4O2.C22H36N4O3/c25-15-21-4-6-22(7-5-21)29-14-13-28-18-23-16-27(17-24(19-28)30-23)12-2-1-3-20-8-10-26-11-9-20;1-22(2,3)29-21(27)24-11-13-26-16-19-14-25(15-20(17-26)28-19)12-5-4-6-18-7-9-23-10-8-18/h4-11,23-24H,1-3,12-14,16-19H2;7-10,19-20H,4-6,11-17H2,1-3H3,(H,24,27). The minimum Gasteiger partial charge on any atom is -0.492 e. The number of fused-ring (bicyclic) bond motifs is 4. The third-order valence-corrected chi connectivity index (χ3v) is 11.1. The molecule has 4 atom stereocenters. The van der Waals surface area contributed by atoms with E-state index in [-0.39, 0.29) is 18.3 Å². The zero-order valence-electron chi connectivity index (χ0n) is 35.6. The first kappa shape index (κ1) is 44.4. The molecule has 0 saturated carbocycles. The number of nitriles is 1. The lowest BCUT2D eigenvalue weighted by molar-refractivity contribution is -0.139. The first-order valence-electron chi connectivity index (χ1n) is 21.7. The minimum absolute atomic E-state index is 0.268. The monoisotopic (exact) mass is 811 g/mol. The molecular weight excluding hydrogens is 745 g/mol. The number of carbonyl (C=O) groups is 1. The average Bonchev–Trinajstić information content (AvgIpc) is 3.21. The van der Waals surface area contributed by atoms with Crippen molar-refractivity contribution in [2.24, 2.45) is 0 Å². The Labute approximate surface area is 352 Å². The van der Waals surface area contributed by atoms with Crippen LogP contribution in [0.2, 0.25) is 0 Å². The number of amides is 1. The van der Waals surface area contributed by atoms with Gasteiger partial charge in [0.2, 0.25) is 0 Å². The van der Waals surface area contributed by atoms with E-state index in [9.17, 15) is 4.79 Å². The molecule has 6 heterocycles. The molecule has 1 aromatic carbocycles. The van der Waals surface area contributed by atoms with Gasteiger partial charge in [-0.15, -0.1) is 0 Å². The first-order valence-corrected chi connectivity index (χ1v) is 21.7. The van der Waals surface area contributed by atoms with Gasteiger partial charge in [-0.2, -0.15) is 5.26 Å². The molecule has 59 heavy (non-hydrogen) atoms. The van der Waals surface area contributed by atoms with Crippen LogP contribution in [-0.4, -0.2) is 157 Å². The molecule has 1 amide bonds. The molecule has 4 saturated heterocycles. The molecule has 4 aliphatic rings. The Morgan fingerprint density at radius 3 is 1.56 bits per heavy atom. The third-order valence-electron chi connectivity index (χ3n) is 11.1. The van der Waals surface area contributed by atoms with Crippen LogP contribution in [0, 0.1) is 11.3 Å². The van der Waals surface area contributed by atoms with Gasteiger partial charge >= 0.3 is 6.09 Å². The Hall–Kier alpha value is -4.16. The predicted molar refractivity (Wildman–Crippen MR) is 228 cm³/mol. The van der Waals surface area contributed by atoms with E-state index in [2.05, 4.69) is 65.2 Å². The van der Waals surface area contributed by atoms with Gasteiger partial charge in [-0.3, -0.25) is 29.6 Å². The number of carbonyl (C=O) groups excluding carboxylic acids is 1. The second kappa shape index (κ2) is 23.0. The summed E-state index contributed by atoms with van der Waals surface area (Å²) in [6.07, 6.45) is 15.4. The van der Waals surface area contributed by atoms with Gasteiger partial charge in [-0.25, -0.2) is 4.79 Å². The second-order valence-corrected chi connectivity index (χ2v) is 17.3. The maximum absolute atomic E-state index is 11.8. The van der Waals surface area contributed by atoms with E-state index >= 15 is 0 Å². The highest BCUT2D eigenvalue weighted by Gasteiger charge is 2.35. The van der Waals surface area contributed by atoms with Crippen LogP contribution in [0.1, 0.15) is 63.1 Å². The average molecular weight is 811 g/mol. The summed E-state index contributed by atoms with van der Waals surface area (Å²) in [4.78, 5) is 29.9. The summed E-state index contributed by atoms with van der Waals surface area (Å²) in [5.74, 6) is 0.820. The lowest BCUT2D eigenvalue weighted by Gasteiger charge is -2.46. The molecule has 13 heteroatoms. The van der Waals surface area contributed by atoms with E-state index in [1.54, 1.807) is 12.1 Å². The van der Waals surface area contributed by atoms with Gasteiger partial charge in [-0.05, 0) is 132 Å². The smallest absolute Gasteiger partial charge is 0.407 e. The van der Waals surface area contributed by atoms with E-state index in [4.69, 9.17) is 24.2 Å². The Kier molecular flexibility index (Phi) is 17.3. The van der Waals surface area contributed by atoms with Crippen LogP contribution >= 0.6 is 0 Å². The Morgan fingerprint density at radius 2 is 1.12 bits per heavy atom. The van der Waals surface area contributed by atoms with Gasteiger partial charge in [0.1, 0.15) is 18.0 Å². The zero-order chi connectivity index (χ0) is 41.3. The topological polar surface area (TPSA) is 129 Å². The highest BCUT2D eigenvalue weighted by Crippen LogP contribution is 2.21. The summed E-state index contributed by atoms with van der Waals surface area (Å²) < 4.78 is 23.5. The van der Waals surface area contributed by atoms with Crippen LogP contribution in [-0.2, 0) is 27.1 Å². The van der Waals surface area contributed by atoms with Gasteiger partial charge in [0.25, 0.3) is 0 Å². The summed E-state index contributed by atoms with van der Waals surface area (Å²) in [6, 6.07) is 17.9. The Bertz CT molecular complexity index is 1680. The van der Waals surface area contributed by atoms with Gasteiger partial charge in [0.05, 0.1) is 36.0 Å². The number of rotatable bonds is 17. The maximum Gasteiger partial charge on any atom is 0.407 e. The number of aryl methyl sites for hydroxylation is 2. The minimum atomic E-state index is -0.457. The van der Waals surface area contributed by atoms with Crippen LogP contribution in [0.15, 0.2) is 73.3 Å². The fraction of sp³-hybridized carbons (Fsp3) is 0.609. The predicted octanol–water partition coefficient (Wildman–Crippen LogP) is 5.05. The summed E-state index contributed by atoms with van der Waals surface area (Å²) in [6.45, 7) is 18.8. The Morgan fingerprint density at radius 1 is 0.678 bits per heavy atom. The number of benzene rings is 1. The SMILES string of the molecule is CC(C)(C)OC(=O)NCCN1CC2CN(CCCCc3ccncc3)CC(C1)O2.N#Cc1ccc(OCCN2CC3CN(CCCCc4ccncc4)CC(C2)O3)cc1. The van der Waals surface area contributed by atoms with E-state index in [1.807, 2.05) is 57.7 Å². The number of hydrogen-bond donors (Lipinski definition) is 1. The second-order valence-electron chi connectivity index (χ2n) is 17.3. The van der Waals surface area contributed by atoms with Crippen LogP contribution in [0.3, 0.4) is 0 Å². The number of hydrogen-bond acceptors (Lipinski definition) is 12.